The number of hydrogen-bond acceptors (Lipinski definition) is 3. The van der Waals surface area contributed by atoms with Crippen LogP contribution in [-0.4, -0.2) is 57.8 Å². The van der Waals surface area contributed by atoms with E-state index < -0.39 is 12.3 Å². The van der Waals surface area contributed by atoms with Crippen LogP contribution in [-0.2, 0) is 9.47 Å². The molecule has 1 N–H and O–H groups in total. The van der Waals surface area contributed by atoms with Crippen LogP contribution in [0, 0.1) is 0 Å². The van der Waals surface area contributed by atoms with E-state index in [9.17, 15) is 18.0 Å². The number of nitrogens with zero attached hydrogens (tertiary/aromatic N) is 1. The summed E-state index contributed by atoms with van der Waals surface area (Å²) in [6.45, 7) is 0.466. The summed E-state index contributed by atoms with van der Waals surface area (Å²) in [5, 5.41) is 0.913. The number of amides is 2. The molecule has 0 aromatic carbocycles. The van der Waals surface area contributed by atoms with Gasteiger partial charge in [-0.2, -0.15) is 13.2 Å². The molecule has 0 heterocycles. The highest BCUT2D eigenvalue weighted by Crippen LogP contribution is 2.10. The van der Waals surface area contributed by atoms with Crippen molar-refractivity contribution in [3.05, 3.63) is 0 Å². The molecule has 16 heavy (non-hydrogen) atoms. The van der Waals surface area contributed by atoms with E-state index >= 15 is 0 Å². The van der Waals surface area contributed by atoms with Gasteiger partial charge >= 0.3 is 12.3 Å². The first kappa shape index (κ1) is 15.0. The number of nitrogens with one attached hydrogen (secondary N) is 1. The minimum atomic E-state index is -4.73. The first-order valence-electron chi connectivity index (χ1n) is 4.52. The second-order valence-corrected chi connectivity index (χ2v) is 2.90. The molecule has 0 saturated heterocycles. The topological polar surface area (TPSA) is 50.8 Å². The summed E-state index contributed by atoms with van der Waals surface area (Å²) < 4.78 is 45.0. The number of rotatable bonds is 6. The van der Waals surface area contributed by atoms with E-state index in [1.165, 1.54) is 14.2 Å². The third kappa shape index (κ3) is 7.30. The molecule has 0 atom stereocenters. The summed E-state index contributed by atoms with van der Waals surface area (Å²) in [7, 11) is 2.80. The Hall–Kier alpha value is -1.02. The number of carbonyl (C=O) groups excluding carboxylic acids is 1. The van der Waals surface area contributed by atoms with E-state index in [4.69, 9.17) is 0 Å². The average molecular weight is 244 g/mol. The molecule has 0 radical (unpaired) electrons. The molecule has 0 bridgehead atoms. The molecule has 5 nitrogen and oxygen atoms in total. The Kier molecular flexibility index (Phi) is 6.82. The van der Waals surface area contributed by atoms with Crippen molar-refractivity contribution in [3.8, 4) is 0 Å². The quantitative estimate of drug-likeness (QED) is 0.703. The van der Waals surface area contributed by atoms with Crippen LogP contribution in [0.1, 0.15) is 0 Å². The molecule has 0 aliphatic heterocycles. The van der Waals surface area contributed by atoms with Crippen LogP contribution in [0.15, 0.2) is 0 Å². The Bertz CT molecular complexity index is 203. The third-order valence-corrected chi connectivity index (χ3v) is 1.67. The lowest BCUT2D eigenvalue weighted by molar-refractivity contribution is -0.147. The SMILES string of the molecule is COCCN(CCOC)C(=O)NC(F)(F)F. The highest BCUT2D eigenvalue weighted by atomic mass is 19.4. The summed E-state index contributed by atoms with van der Waals surface area (Å²) in [4.78, 5) is 12.1. The van der Waals surface area contributed by atoms with Crippen LogP contribution in [0.4, 0.5) is 18.0 Å². The molecule has 0 aromatic rings. The lowest BCUT2D eigenvalue weighted by atomic mass is 10.5. The van der Waals surface area contributed by atoms with E-state index in [0.29, 0.717) is 0 Å². The fraction of sp³-hybridized carbons (Fsp3) is 0.875. The number of carbonyl (C=O) groups is 1. The van der Waals surface area contributed by atoms with Gasteiger partial charge in [-0.3, -0.25) is 0 Å². The van der Waals surface area contributed by atoms with Crippen molar-refractivity contribution in [3.63, 3.8) is 0 Å². The van der Waals surface area contributed by atoms with Crippen molar-refractivity contribution in [1.29, 1.82) is 0 Å². The lowest BCUT2D eigenvalue weighted by Crippen LogP contribution is -2.48. The van der Waals surface area contributed by atoms with Gasteiger partial charge in [0.2, 0.25) is 0 Å². The molecule has 8 heteroatoms. The van der Waals surface area contributed by atoms with Gasteiger partial charge in [-0.05, 0) is 0 Å². The molecular weight excluding hydrogens is 229 g/mol. The van der Waals surface area contributed by atoms with Gasteiger partial charge in [0.1, 0.15) is 0 Å². The average Bonchev–Trinajstić information content (AvgIpc) is 2.15. The molecule has 0 aliphatic carbocycles. The summed E-state index contributed by atoms with van der Waals surface area (Å²) in [5.41, 5.74) is 0. The van der Waals surface area contributed by atoms with Gasteiger partial charge in [-0.15, -0.1) is 0 Å². The molecule has 0 saturated carbocycles. The van der Waals surface area contributed by atoms with Crippen molar-refractivity contribution < 1.29 is 27.4 Å². The molecule has 0 rings (SSSR count). The van der Waals surface area contributed by atoms with E-state index in [0.717, 1.165) is 10.2 Å². The Balaban J connectivity index is 4.19. The second-order valence-electron chi connectivity index (χ2n) is 2.90. The normalized spacial score (nSPS) is 11.3. The largest absolute Gasteiger partial charge is 0.485 e. The van der Waals surface area contributed by atoms with E-state index in [1.54, 1.807) is 0 Å². The smallest absolute Gasteiger partial charge is 0.383 e. The number of alkyl halides is 3. The number of ether oxygens (including phenoxy) is 2. The molecular formula is C8H15F3N2O3. The van der Waals surface area contributed by atoms with Gasteiger partial charge in [0.25, 0.3) is 0 Å². The maximum atomic E-state index is 11.9. The molecule has 0 fully saturated rings. The van der Waals surface area contributed by atoms with Crippen LogP contribution in [0.2, 0.25) is 0 Å². The number of methoxy groups -OCH3 is 2. The van der Waals surface area contributed by atoms with Crippen molar-refractivity contribution in [2.24, 2.45) is 0 Å². The molecule has 0 aromatic heterocycles. The minimum absolute atomic E-state index is 0.0712. The summed E-state index contributed by atoms with van der Waals surface area (Å²) in [6, 6.07) is -1.21. The number of halogens is 3. The van der Waals surface area contributed by atoms with E-state index in [2.05, 4.69) is 9.47 Å². The highest BCUT2D eigenvalue weighted by Gasteiger charge is 2.32. The fourth-order valence-electron chi connectivity index (χ4n) is 0.918. The van der Waals surface area contributed by atoms with Crippen LogP contribution in [0.5, 0.6) is 0 Å². The number of urea groups is 1. The first-order valence-corrected chi connectivity index (χ1v) is 4.52. The van der Waals surface area contributed by atoms with E-state index in [1.807, 2.05) is 0 Å². The molecule has 2 amide bonds. The molecule has 0 aliphatic rings. The Labute approximate surface area is 91.5 Å². The summed E-state index contributed by atoms with van der Waals surface area (Å²) >= 11 is 0. The van der Waals surface area contributed by atoms with Crippen molar-refractivity contribution in [2.75, 3.05) is 40.5 Å². The molecule has 0 unspecified atom stereocenters. The third-order valence-electron chi connectivity index (χ3n) is 1.67. The van der Waals surface area contributed by atoms with Crippen molar-refractivity contribution in [2.45, 2.75) is 6.30 Å². The van der Waals surface area contributed by atoms with Gasteiger partial charge in [-0.25, -0.2) is 10.1 Å². The standard InChI is InChI=1S/C8H15F3N2O3/c1-15-5-3-13(4-6-16-2)7(14)12-8(9,10)11/h3-6H2,1-2H3,(H,12,14). The Morgan fingerprint density at radius 2 is 1.62 bits per heavy atom. The van der Waals surface area contributed by atoms with E-state index in [-0.39, 0.29) is 26.3 Å². The maximum Gasteiger partial charge on any atom is 0.485 e. The molecule has 96 valence electrons. The van der Waals surface area contributed by atoms with Gasteiger partial charge in [0.15, 0.2) is 0 Å². The predicted molar refractivity (Wildman–Crippen MR) is 49.9 cm³/mol. The first-order chi connectivity index (χ1) is 7.40. The van der Waals surface area contributed by atoms with Crippen LogP contribution >= 0.6 is 0 Å². The second kappa shape index (κ2) is 7.29. The summed E-state index contributed by atoms with van der Waals surface area (Å²) in [5.74, 6) is 0. The fourth-order valence-corrected chi connectivity index (χ4v) is 0.918. The zero-order valence-electron chi connectivity index (χ0n) is 9.13. The molecule has 0 spiro atoms. The van der Waals surface area contributed by atoms with Gasteiger partial charge in [0, 0.05) is 27.3 Å². The van der Waals surface area contributed by atoms with Gasteiger partial charge in [0.05, 0.1) is 13.2 Å². The maximum absolute atomic E-state index is 11.9. The Morgan fingerprint density at radius 3 is 1.94 bits per heavy atom. The lowest BCUT2D eigenvalue weighted by Gasteiger charge is -2.23. The van der Waals surface area contributed by atoms with Crippen LogP contribution in [0.3, 0.4) is 0 Å². The highest BCUT2D eigenvalue weighted by molar-refractivity contribution is 5.74. The number of hydrogen-bond donors (Lipinski definition) is 1. The zero-order chi connectivity index (χ0) is 12.6. The Morgan fingerprint density at radius 1 is 1.19 bits per heavy atom. The van der Waals surface area contributed by atoms with Crippen LogP contribution in [0.25, 0.3) is 0 Å². The summed E-state index contributed by atoms with van der Waals surface area (Å²) in [6.07, 6.45) is -4.73. The van der Waals surface area contributed by atoms with Crippen molar-refractivity contribution in [1.82, 2.24) is 10.2 Å². The van der Waals surface area contributed by atoms with Crippen LogP contribution < -0.4 is 5.32 Å². The van der Waals surface area contributed by atoms with Gasteiger partial charge in [-0.1, -0.05) is 0 Å². The van der Waals surface area contributed by atoms with Gasteiger partial charge < -0.3 is 14.4 Å². The monoisotopic (exact) mass is 244 g/mol. The zero-order valence-corrected chi connectivity index (χ0v) is 9.13. The van der Waals surface area contributed by atoms with Crippen molar-refractivity contribution >= 4 is 6.03 Å². The predicted octanol–water partition coefficient (Wildman–Crippen LogP) is 0.811. The minimum Gasteiger partial charge on any atom is -0.383 e.